The molecule has 0 aromatic heterocycles. The molecule has 0 aliphatic heterocycles. The van der Waals surface area contributed by atoms with Gasteiger partial charge in [0.2, 0.25) is 0 Å². The lowest BCUT2D eigenvalue weighted by atomic mass is 10.2. The predicted molar refractivity (Wildman–Crippen MR) is 84.4 cm³/mol. The fourth-order valence-corrected chi connectivity index (χ4v) is 3.43. The van der Waals surface area contributed by atoms with E-state index in [1.807, 2.05) is 0 Å². The number of hydrogen-bond acceptors (Lipinski definition) is 4. The van der Waals surface area contributed by atoms with Crippen LogP contribution in [0.3, 0.4) is 0 Å². The SMILES string of the molecule is COc1ccc(C)cc1S(=O)(=O)Nc1ccc(N)cc1Cl. The van der Waals surface area contributed by atoms with Crippen LogP contribution < -0.4 is 15.2 Å². The van der Waals surface area contributed by atoms with Crippen LogP contribution in [0.25, 0.3) is 0 Å². The Labute approximate surface area is 128 Å². The Kier molecular flexibility index (Phi) is 4.29. The van der Waals surface area contributed by atoms with Crippen LogP contribution in [0.1, 0.15) is 5.56 Å². The van der Waals surface area contributed by atoms with Gasteiger partial charge < -0.3 is 10.5 Å². The van der Waals surface area contributed by atoms with Gasteiger partial charge in [0.05, 0.1) is 17.8 Å². The summed E-state index contributed by atoms with van der Waals surface area (Å²) >= 11 is 5.99. The summed E-state index contributed by atoms with van der Waals surface area (Å²) in [5.74, 6) is 0.264. The second-order valence-electron chi connectivity index (χ2n) is 4.50. The van der Waals surface area contributed by atoms with E-state index in [9.17, 15) is 8.42 Å². The highest BCUT2D eigenvalue weighted by atomic mass is 35.5. The van der Waals surface area contributed by atoms with Gasteiger partial charge in [-0.15, -0.1) is 0 Å². The van der Waals surface area contributed by atoms with Gasteiger partial charge in [0.1, 0.15) is 10.6 Å². The zero-order valence-electron chi connectivity index (χ0n) is 11.6. The van der Waals surface area contributed by atoms with Crippen LogP contribution in [0.2, 0.25) is 5.02 Å². The van der Waals surface area contributed by atoms with Crippen LogP contribution in [-0.4, -0.2) is 15.5 Å². The normalized spacial score (nSPS) is 11.2. The van der Waals surface area contributed by atoms with Crippen LogP contribution >= 0.6 is 11.6 Å². The molecule has 2 aromatic rings. The van der Waals surface area contributed by atoms with E-state index in [1.54, 1.807) is 25.1 Å². The average molecular weight is 327 g/mol. The smallest absolute Gasteiger partial charge is 0.265 e. The van der Waals surface area contributed by atoms with E-state index >= 15 is 0 Å². The lowest BCUT2D eigenvalue weighted by Crippen LogP contribution is -2.14. The third-order valence-corrected chi connectivity index (χ3v) is 4.55. The zero-order valence-corrected chi connectivity index (χ0v) is 13.1. The average Bonchev–Trinajstić information content (AvgIpc) is 2.42. The van der Waals surface area contributed by atoms with Gasteiger partial charge >= 0.3 is 0 Å². The highest BCUT2D eigenvalue weighted by molar-refractivity contribution is 7.92. The molecule has 21 heavy (non-hydrogen) atoms. The topological polar surface area (TPSA) is 81.4 Å². The highest BCUT2D eigenvalue weighted by Gasteiger charge is 2.20. The molecular weight excluding hydrogens is 312 g/mol. The van der Waals surface area contributed by atoms with Gasteiger partial charge in [0.25, 0.3) is 10.0 Å². The molecule has 0 heterocycles. The van der Waals surface area contributed by atoms with Crippen molar-refractivity contribution >= 4 is 33.0 Å². The molecular formula is C14H15ClN2O3S. The molecule has 0 spiro atoms. The fraction of sp³-hybridized carbons (Fsp3) is 0.143. The molecule has 0 unspecified atom stereocenters. The maximum atomic E-state index is 12.5. The summed E-state index contributed by atoms with van der Waals surface area (Å²) in [5.41, 5.74) is 7.10. The molecule has 7 heteroatoms. The van der Waals surface area contributed by atoms with Crippen molar-refractivity contribution in [2.45, 2.75) is 11.8 Å². The van der Waals surface area contributed by atoms with Crippen molar-refractivity contribution in [3.63, 3.8) is 0 Å². The van der Waals surface area contributed by atoms with E-state index < -0.39 is 10.0 Å². The summed E-state index contributed by atoms with van der Waals surface area (Å²) in [6, 6.07) is 9.47. The van der Waals surface area contributed by atoms with Gasteiger partial charge in [-0.2, -0.15) is 0 Å². The van der Waals surface area contributed by atoms with Crippen molar-refractivity contribution in [2.24, 2.45) is 0 Å². The van der Waals surface area contributed by atoms with E-state index in [-0.39, 0.29) is 21.4 Å². The first kappa shape index (κ1) is 15.5. The number of halogens is 1. The quantitative estimate of drug-likeness (QED) is 0.846. The maximum Gasteiger partial charge on any atom is 0.265 e. The van der Waals surface area contributed by atoms with Crippen molar-refractivity contribution in [3.8, 4) is 5.75 Å². The van der Waals surface area contributed by atoms with Crippen molar-refractivity contribution in [2.75, 3.05) is 17.6 Å². The molecule has 0 saturated carbocycles. The molecule has 0 saturated heterocycles. The van der Waals surface area contributed by atoms with E-state index in [0.29, 0.717) is 5.69 Å². The summed E-state index contributed by atoms with van der Waals surface area (Å²) in [4.78, 5) is 0.0536. The molecule has 0 amide bonds. The number of hydrogen-bond donors (Lipinski definition) is 2. The van der Waals surface area contributed by atoms with E-state index in [1.165, 1.54) is 25.3 Å². The van der Waals surface area contributed by atoms with Gasteiger partial charge in [-0.05, 0) is 42.8 Å². The standard InChI is InChI=1S/C14H15ClN2O3S/c1-9-3-6-13(20-2)14(7-9)21(18,19)17-12-5-4-10(16)8-11(12)15/h3-8,17H,16H2,1-2H3. The first-order valence-electron chi connectivity index (χ1n) is 6.06. The molecule has 0 atom stereocenters. The third kappa shape index (κ3) is 3.40. The molecule has 3 N–H and O–H groups in total. The molecule has 0 aliphatic carbocycles. The number of nitrogen functional groups attached to an aromatic ring is 1. The third-order valence-electron chi connectivity index (χ3n) is 2.85. The Morgan fingerprint density at radius 3 is 2.52 bits per heavy atom. The van der Waals surface area contributed by atoms with Crippen LogP contribution in [-0.2, 0) is 10.0 Å². The number of aryl methyl sites for hydroxylation is 1. The van der Waals surface area contributed by atoms with Gasteiger partial charge in [-0.25, -0.2) is 8.42 Å². The zero-order chi connectivity index (χ0) is 15.6. The van der Waals surface area contributed by atoms with Crippen molar-refractivity contribution < 1.29 is 13.2 Å². The van der Waals surface area contributed by atoms with E-state index in [4.69, 9.17) is 22.1 Å². The second kappa shape index (κ2) is 5.83. The molecule has 0 aliphatic rings. The van der Waals surface area contributed by atoms with Crippen molar-refractivity contribution in [1.82, 2.24) is 0 Å². The molecule has 2 aromatic carbocycles. The molecule has 0 fully saturated rings. The Balaban J connectivity index is 2.45. The fourth-order valence-electron chi connectivity index (χ4n) is 1.81. The number of nitrogens with two attached hydrogens (primary N) is 1. The summed E-state index contributed by atoms with van der Waals surface area (Å²) in [6.07, 6.45) is 0. The van der Waals surface area contributed by atoms with E-state index in [0.717, 1.165) is 5.56 Å². The monoisotopic (exact) mass is 326 g/mol. The van der Waals surface area contributed by atoms with Crippen LogP contribution in [0.4, 0.5) is 11.4 Å². The number of sulfonamides is 1. The van der Waals surface area contributed by atoms with Gasteiger partial charge in [-0.1, -0.05) is 17.7 Å². The Hall–Kier alpha value is -1.92. The largest absolute Gasteiger partial charge is 0.495 e. The molecule has 112 valence electrons. The van der Waals surface area contributed by atoms with Crippen LogP contribution in [0.5, 0.6) is 5.75 Å². The second-order valence-corrected chi connectivity index (χ2v) is 6.56. The summed E-state index contributed by atoms with van der Waals surface area (Å²) < 4.78 is 32.5. The Morgan fingerprint density at radius 2 is 1.90 bits per heavy atom. The number of nitrogens with one attached hydrogen (secondary N) is 1. The first-order valence-corrected chi connectivity index (χ1v) is 7.92. The lowest BCUT2D eigenvalue weighted by Gasteiger charge is -2.13. The highest BCUT2D eigenvalue weighted by Crippen LogP contribution is 2.30. The van der Waals surface area contributed by atoms with Crippen LogP contribution in [0, 0.1) is 6.92 Å². The van der Waals surface area contributed by atoms with Gasteiger partial charge in [-0.3, -0.25) is 4.72 Å². The number of rotatable bonds is 4. The van der Waals surface area contributed by atoms with Crippen molar-refractivity contribution in [3.05, 3.63) is 47.0 Å². The predicted octanol–water partition coefficient (Wildman–Crippen LogP) is 3.04. The van der Waals surface area contributed by atoms with Gasteiger partial charge in [0, 0.05) is 5.69 Å². The number of anilines is 2. The minimum Gasteiger partial charge on any atom is -0.495 e. The van der Waals surface area contributed by atoms with Crippen LogP contribution in [0.15, 0.2) is 41.3 Å². The maximum absolute atomic E-state index is 12.5. The molecule has 0 radical (unpaired) electrons. The molecule has 2 rings (SSSR count). The molecule has 0 bridgehead atoms. The lowest BCUT2D eigenvalue weighted by molar-refractivity contribution is 0.402. The van der Waals surface area contributed by atoms with Gasteiger partial charge in [0.15, 0.2) is 0 Å². The minimum atomic E-state index is -3.81. The van der Waals surface area contributed by atoms with Crippen molar-refractivity contribution in [1.29, 1.82) is 0 Å². The summed E-state index contributed by atoms with van der Waals surface area (Å²) in [7, 11) is -2.40. The number of ether oxygens (including phenoxy) is 1. The Bertz CT molecular complexity index is 776. The first-order chi connectivity index (χ1) is 9.83. The summed E-state index contributed by atoms with van der Waals surface area (Å²) in [6.45, 7) is 1.80. The molecule has 5 nitrogen and oxygen atoms in total. The van der Waals surface area contributed by atoms with E-state index in [2.05, 4.69) is 4.72 Å². The summed E-state index contributed by atoms with van der Waals surface area (Å²) in [5, 5.41) is 0.227. The minimum absolute atomic E-state index is 0.0536. The number of methoxy groups -OCH3 is 1. The number of benzene rings is 2. The Morgan fingerprint density at radius 1 is 1.19 bits per heavy atom.